The maximum atomic E-state index is 12.2. The first-order valence-corrected chi connectivity index (χ1v) is 8.40. The number of benzene rings is 2. The van der Waals surface area contributed by atoms with Crippen LogP contribution in [0.3, 0.4) is 0 Å². The molecule has 0 radical (unpaired) electrons. The van der Waals surface area contributed by atoms with Gasteiger partial charge in [-0.25, -0.2) is 5.43 Å². The monoisotopic (exact) mass is 380 g/mol. The highest BCUT2D eigenvalue weighted by Crippen LogP contribution is 2.31. The van der Waals surface area contributed by atoms with Gasteiger partial charge in [-0.05, 0) is 54.1 Å². The van der Waals surface area contributed by atoms with E-state index in [0.29, 0.717) is 17.2 Å². The zero-order chi connectivity index (χ0) is 19.9. The van der Waals surface area contributed by atoms with Crippen molar-refractivity contribution in [1.82, 2.24) is 15.6 Å². The second kappa shape index (κ2) is 8.72. The zero-order valence-corrected chi connectivity index (χ0v) is 15.7. The highest BCUT2D eigenvalue weighted by molar-refractivity contribution is 5.94. The van der Waals surface area contributed by atoms with Gasteiger partial charge < -0.3 is 14.2 Å². The molecule has 0 fully saturated rings. The number of hydrogen-bond donors (Lipinski definition) is 2. The lowest BCUT2D eigenvalue weighted by molar-refractivity contribution is 0.0950. The number of amides is 1. The Kier molecular flexibility index (Phi) is 5.91. The number of hydrazone groups is 1. The number of rotatable bonds is 7. The van der Waals surface area contributed by atoms with Crippen LogP contribution in [0.4, 0.5) is 0 Å². The van der Waals surface area contributed by atoms with E-state index in [0.717, 1.165) is 16.9 Å². The molecule has 1 heterocycles. The van der Waals surface area contributed by atoms with E-state index in [9.17, 15) is 4.79 Å². The maximum Gasteiger partial charge on any atom is 0.289 e. The average Bonchev–Trinajstić information content (AvgIpc) is 3.24. The summed E-state index contributed by atoms with van der Waals surface area (Å²) in [6.45, 7) is 0. The average molecular weight is 380 g/mol. The molecular weight excluding hydrogens is 360 g/mol. The Bertz CT molecular complexity index is 980. The molecule has 8 heteroatoms. The van der Waals surface area contributed by atoms with Crippen LogP contribution in [0, 0.1) is 0 Å². The van der Waals surface area contributed by atoms with Gasteiger partial charge in [0.2, 0.25) is 0 Å². The molecule has 3 rings (SSSR count). The number of methoxy groups -OCH3 is 3. The molecular formula is C20H20N4O4. The van der Waals surface area contributed by atoms with Crippen molar-refractivity contribution in [2.24, 2.45) is 5.10 Å². The minimum Gasteiger partial charge on any atom is -0.497 e. The summed E-state index contributed by atoms with van der Waals surface area (Å²) in [5.74, 6) is 1.55. The van der Waals surface area contributed by atoms with Gasteiger partial charge in [0.25, 0.3) is 5.91 Å². The van der Waals surface area contributed by atoms with Gasteiger partial charge in [-0.3, -0.25) is 9.89 Å². The van der Waals surface area contributed by atoms with E-state index >= 15 is 0 Å². The SMILES string of the molecule is COc1ccc(/C=N/NC(=O)c2cc(-c3ccc(OC)c(OC)c3)n[nH]2)cc1. The smallest absolute Gasteiger partial charge is 0.289 e. The fraction of sp³-hybridized carbons (Fsp3) is 0.150. The van der Waals surface area contributed by atoms with Crippen molar-refractivity contribution in [3.05, 3.63) is 59.8 Å². The second-order valence-electron chi connectivity index (χ2n) is 5.71. The number of aromatic amines is 1. The van der Waals surface area contributed by atoms with Crippen molar-refractivity contribution in [2.75, 3.05) is 21.3 Å². The van der Waals surface area contributed by atoms with E-state index in [1.165, 1.54) is 0 Å². The predicted octanol–water partition coefficient (Wildman–Crippen LogP) is 2.87. The quantitative estimate of drug-likeness (QED) is 0.485. The van der Waals surface area contributed by atoms with Gasteiger partial charge in [0.05, 0.1) is 33.2 Å². The third-order valence-corrected chi connectivity index (χ3v) is 4.00. The number of aromatic nitrogens is 2. The minimum absolute atomic E-state index is 0.289. The molecule has 0 saturated carbocycles. The number of nitrogens with zero attached hydrogens (tertiary/aromatic N) is 2. The molecule has 2 aromatic carbocycles. The Morgan fingerprint density at radius 1 is 1.00 bits per heavy atom. The normalized spacial score (nSPS) is 10.7. The van der Waals surface area contributed by atoms with Crippen LogP contribution in [0.15, 0.2) is 53.6 Å². The van der Waals surface area contributed by atoms with Crippen LogP contribution < -0.4 is 19.6 Å². The minimum atomic E-state index is -0.399. The molecule has 0 saturated heterocycles. The number of H-pyrrole nitrogens is 1. The van der Waals surface area contributed by atoms with Crippen molar-refractivity contribution in [3.63, 3.8) is 0 Å². The number of carbonyl (C=O) groups excluding carboxylic acids is 1. The second-order valence-corrected chi connectivity index (χ2v) is 5.71. The fourth-order valence-electron chi connectivity index (χ4n) is 2.50. The van der Waals surface area contributed by atoms with Crippen LogP contribution >= 0.6 is 0 Å². The van der Waals surface area contributed by atoms with Gasteiger partial charge in [0.1, 0.15) is 11.4 Å². The first-order chi connectivity index (χ1) is 13.6. The third kappa shape index (κ3) is 4.29. The summed E-state index contributed by atoms with van der Waals surface area (Å²) in [4.78, 5) is 12.2. The van der Waals surface area contributed by atoms with E-state index < -0.39 is 5.91 Å². The zero-order valence-electron chi connectivity index (χ0n) is 15.7. The molecule has 0 unspecified atom stereocenters. The molecule has 0 spiro atoms. The van der Waals surface area contributed by atoms with Crippen molar-refractivity contribution in [3.8, 4) is 28.5 Å². The molecule has 0 aliphatic carbocycles. The summed E-state index contributed by atoms with van der Waals surface area (Å²) in [5.41, 5.74) is 4.97. The molecule has 1 aromatic heterocycles. The Balaban J connectivity index is 1.67. The van der Waals surface area contributed by atoms with Crippen LogP contribution in [0.25, 0.3) is 11.3 Å². The Morgan fingerprint density at radius 2 is 1.75 bits per heavy atom. The van der Waals surface area contributed by atoms with Gasteiger partial charge in [-0.2, -0.15) is 10.2 Å². The number of ether oxygens (including phenoxy) is 3. The largest absolute Gasteiger partial charge is 0.497 e. The lowest BCUT2D eigenvalue weighted by Gasteiger charge is -2.08. The fourth-order valence-corrected chi connectivity index (χ4v) is 2.50. The number of carbonyl (C=O) groups is 1. The molecule has 0 bridgehead atoms. The van der Waals surface area contributed by atoms with Crippen LogP contribution in [0.5, 0.6) is 17.2 Å². The Morgan fingerprint density at radius 3 is 2.43 bits per heavy atom. The molecule has 144 valence electrons. The van der Waals surface area contributed by atoms with E-state index in [2.05, 4.69) is 20.7 Å². The molecule has 2 N–H and O–H groups in total. The molecule has 0 aliphatic heterocycles. The summed E-state index contributed by atoms with van der Waals surface area (Å²) in [5, 5.41) is 10.8. The summed E-state index contributed by atoms with van der Waals surface area (Å²) in [6.07, 6.45) is 1.54. The highest BCUT2D eigenvalue weighted by Gasteiger charge is 2.12. The lowest BCUT2D eigenvalue weighted by Crippen LogP contribution is -2.17. The van der Waals surface area contributed by atoms with E-state index in [1.54, 1.807) is 45.7 Å². The van der Waals surface area contributed by atoms with Crippen LogP contribution in [0.1, 0.15) is 16.1 Å². The number of hydrogen-bond acceptors (Lipinski definition) is 6. The molecule has 8 nitrogen and oxygen atoms in total. The predicted molar refractivity (Wildman–Crippen MR) is 105 cm³/mol. The van der Waals surface area contributed by atoms with Crippen molar-refractivity contribution in [2.45, 2.75) is 0 Å². The highest BCUT2D eigenvalue weighted by atomic mass is 16.5. The Labute approximate surface area is 162 Å². The Hall–Kier alpha value is -3.81. The van der Waals surface area contributed by atoms with E-state index in [1.807, 2.05) is 30.3 Å². The molecule has 0 aliphatic rings. The van der Waals surface area contributed by atoms with Gasteiger partial charge in [-0.1, -0.05) is 0 Å². The third-order valence-electron chi connectivity index (χ3n) is 4.00. The van der Waals surface area contributed by atoms with Crippen LogP contribution in [0.2, 0.25) is 0 Å². The maximum absolute atomic E-state index is 12.2. The first kappa shape index (κ1) is 19.0. The van der Waals surface area contributed by atoms with Crippen molar-refractivity contribution in [1.29, 1.82) is 0 Å². The standard InChI is InChI=1S/C20H20N4O4/c1-26-15-7-4-13(5-8-15)12-21-24-20(25)17-11-16(22-23-17)14-6-9-18(27-2)19(10-14)28-3/h4-12H,1-3H3,(H,22,23)(H,24,25)/b21-12+. The van der Waals surface area contributed by atoms with Gasteiger partial charge >= 0.3 is 0 Å². The molecule has 0 atom stereocenters. The van der Waals surface area contributed by atoms with Crippen LogP contribution in [-0.4, -0.2) is 43.6 Å². The van der Waals surface area contributed by atoms with E-state index in [-0.39, 0.29) is 5.69 Å². The molecule has 3 aromatic rings. The van der Waals surface area contributed by atoms with Gasteiger partial charge in [0, 0.05) is 5.56 Å². The van der Waals surface area contributed by atoms with Crippen molar-refractivity contribution >= 4 is 12.1 Å². The number of nitrogens with one attached hydrogen (secondary N) is 2. The molecule has 28 heavy (non-hydrogen) atoms. The van der Waals surface area contributed by atoms with Gasteiger partial charge in [-0.15, -0.1) is 0 Å². The van der Waals surface area contributed by atoms with Crippen LogP contribution in [-0.2, 0) is 0 Å². The molecule has 1 amide bonds. The van der Waals surface area contributed by atoms with Gasteiger partial charge in [0.15, 0.2) is 11.5 Å². The van der Waals surface area contributed by atoms with E-state index in [4.69, 9.17) is 14.2 Å². The summed E-state index contributed by atoms with van der Waals surface area (Å²) >= 11 is 0. The summed E-state index contributed by atoms with van der Waals surface area (Å²) < 4.78 is 15.6. The topological polar surface area (TPSA) is 97.8 Å². The lowest BCUT2D eigenvalue weighted by atomic mass is 10.1. The van der Waals surface area contributed by atoms with Crippen molar-refractivity contribution < 1.29 is 19.0 Å². The first-order valence-electron chi connectivity index (χ1n) is 8.40. The summed E-state index contributed by atoms with van der Waals surface area (Å²) in [6, 6.07) is 14.3. The summed E-state index contributed by atoms with van der Waals surface area (Å²) in [7, 11) is 4.73.